The molecule has 0 radical (unpaired) electrons. The van der Waals surface area contributed by atoms with E-state index in [1.807, 2.05) is 55.5 Å². The summed E-state index contributed by atoms with van der Waals surface area (Å²) in [6.07, 6.45) is -0.335. The van der Waals surface area contributed by atoms with Gasteiger partial charge in [0.1, 0.15) is 18.6 Å². The Morgan fingerprint density at radius 3 is 2.20 bits per heavy atom. The largest absolute Gasteiger partial charge is 0.481 e. The zero-order valence-corrected chi connectivity index (χ0v) is 19.5. The van der Waals surface area contributed by atoms with E-state index in [1.165, 1.54) is 0 Å². The summed E-state index contributed by atoms with van der Waals surface area (Å²) in [5, 5.41) is 11.6. The number of amides is 2. The first-order valence-electron chi connectivity index (χ1n) is 11.6. The summed E-state index contributed by atoms with van der Waals surface area (Å²) in [5.41, 5.74) is 4.23. The number of carbonyl (C=O) groups excluding carboxylic acids is 2. The van der Waals surface area contributed by atoms with E-state index in [-0.39, 0.29) is 18.4 Å². The van der Waals surface area contributed by atoms with Gasteiger partial charge in [-0.2, -0.15) is 0 Å². The second-order valence-electron chi connectivity index (χ2n) is 9.20. The van der Waals surface area contributed by atoms with Crippen molar-refractivity contribution < 1.29 is 33.0 Å². The number of hydrogen-bond acceptors (Lipinski definition) is 4. The van der Waals surface area contributed by atoms with Crippen LogP contribution in [0, 0.1) is 11.8 Å². The molecule has 4 rings (SSSR count). The number of carbonyl (C=O) groups is 3. The number of likely N-dealkylation sites (tertiary alicyclic amines) is 1. The van der Waals surface area contributed by atoms with Gasteiger partial charge in [-0.3, -0.25) is 9.59 Å². The number of aliphatic carboxylic acids is 1. The number of alkyl halides is 2. The molecule has 7 nitrogen and oxygen atoms in total. The van der Waals surface area contributed by atoms with Crippen LogP contribution in [0.15, 0.2) is 48.5 Å². The third-order valence-electron chi connectivity index (χ3n) is 7.02. The zero-order valence-electron chi connectivity index (χ0n) is 19.5. The average molecular weight is 487 g/mol. The van der Waals surface area contributed by atoms with Crippen molar-refractivity contribution in [3.05, 3.63) is 59.7 Å². The van der Waals surface area contributed by atoms with Gasteiger partial charge in [0.15, 0.2) is 0 Å². The molecule has 3 atom stereocenters. The first kappa shape index (κ1) is 24.6. The summed E-state index contributed by atoms with van der Waals surface area (Å²) in [7, 11) is 0. The lowest BCUT2D eigenvalue weighted by atomic mass is 9.97. The van der Waals surface area contributed by atoms with Crippen molar-refractivity contribution in [2.75, 3.05) is 19.7 Å². The van der Waals surface area contributed by atoms with Crippen molar-refractivity contribution >= 4 is 18.0 Å². The molecular formula is C26H28F2N2O5. The van der Waals surface area contributed by atoms with Gasteiger partial charge < -0.3 is 20.1 Å². The highest BCUT2D eigenvalue weighted by atomic mass is 19.3. The lowest BCUT2D eigenvalue weighted by Crippen LogP contribution is -2.51. The summed E-state index contributed by atoms with van der Waals surface area (Å²) >= 11 is 0. The lowest BCUT2D eigenvalue weighted by Gasteiger charge is -2.28. The summed E-state index contributed by atoms with van der Waals surface area (Å²) in [6, 6.07) is 14.6. The first-order valence-corrected chi connectivity index (χ1v) is 11.6. The van der Waals surface area contributed by atoms with Gasteiger partial charge in [0, 0.05) is 12.5 Å². The fourth-order valence-corrected chi connectivity index (χ4v) is 4.86. The van der Waals surface area contributed by atoms with Crippen LogP contribution in [0.25, 0.3) is 11.1 Å². The molecule has 0 saturated carbocycles. The van der Waals surface area contributed by atoms with Crippen molar-refractivity contribution in [1.82, 2.24) is 10.2 Å². The average Bonchev–Trinajstić information content (AvgIpc) is 3.34. The van der Waals surface area contributed by atoms with Crippen LogP contribution >= 0.6 is 0 Å². The Balaban J connectivity index is 1.45. The molecule has 2 aliphatic rings. The van der Waals surface area contributed by atoms with Crippen LogP contribution in [-0.2, 0) is 14.3 Å². The predicted molar refractivity (Wildman–Crippen MR) is 124 cm³/mol. The summed E-state index contributed by atoms with van der Waals surface area (Å²) in [6.45, 7) is 1.96. The highest BCUT2D eigenvalue weighted by Gasteiger charge is 2.54. The Hall–Kier alpha value is -3.49. The van der Waals surface area contributed by atoms with Crippen LogP contribution in [0.4, 0.5) is 13.6 Å². The molecular weight excluding hydrogens is 458 g/mol. The predicted octanol–water partition coefficient (Wildman–Crippen LogP) is 4.12. The van der Waals surface area contributed by atoms with Gasteiger partial charge >= 0.3 is 12.1 Å². The molecule has 2 unspecified atom stereocenters. The van der Waals surface area contributed by atoms with Crippen LogP contribution in [0.2, 0.25) is 0 Å². The maximum atomic E-state index is 14.1. The number of ether oxygens (including phenoxy) is 1. The summed E-state index contributed by atoms with van der Waals surface area (Å²) < 4.78 is 33.8. The number of benzene rings is 2. The van der Waals surface area contributed by atoms with Crippen LogP contribution < -0.4 is 5.32 Å². The normalized spacial score (nSPS) is 20.0. The van der Waals surface area contributed by atoms with Crippen molar-refractivity contribution in [2.24, 2.45) is 11.8 Å². The highest BCUT2D eigenvalue weighted by molar-refractivity contribution is 5.87. The fourth-order valence-electron chi connectivity index (χ4n) is 4.86. The molecule has 1 fully saturated rings. The highest BCUT2D eigenvalue weighted by Crippen LogP contribution is 2.44. The molecule has 1 saturated heterocycles. The molecule has 0 spiro atoms. The van der Waals surface area contributed by atoms with Gasteiger partial charge in [-0.15, -0.1) is 0 Å². The Bertz CT molecular complexity index is 1090. The van der Waals surface area contributed by atoms with Crippen molar-refractivity contribution in [3.8, 4) is 11.1 Å². The Morgan fingerprint density at radius 1 is 1.11 bits per heavy atom. The molecule has 0 bridgehead atoms. The zero-order chi connectivity index (χ0) is 25.3. The van der Waals surface area contributed by atoms with Crippen LogP contribution in [0.5, 0.6) is 0 Å². The minimum Gasteiger partial charge on any atom is -0.481 e. The van der Waals surface area contributed by atoms with Crippen LogP contribution in [0.3, 0.4) is 0 Å². The molecule has 2 aromatic carbocycles. The molecule has 35 heavy (non-hydrogen) atoms. The van der Waals surface area contributed by atoms with Gasteiger partial charge in [0.2, 0.25) is 5.91 Å². The number of fused-ring (bicyclic) bond motifs is 3. The van der Waals surface area contributed by atoms with E-state index in [4.69, 9.17) is 9.84 Å². The Kier molecular flexibility index (Phi) is 6.78. The molecule has 2 N–H and O–H groups in total. The maximum Gasteiger partial charge on any atom is 0.407 e. The van der Waals surface area contributed by atoms with Crippen molar-refractivity contribution in [1.29, 1.82) is 0 Å². The van der Waals surface area contributed by atoms with Gasteiger partial charge in [-0.1, -0.05) is 68.8 Å². The summed E-state index contributed by atoms with van der Waals surface area (Å²) in [5.74, 6) is -8.45. The van der Waals surface area contributed by atoms with Crippen molar-refractivity contribution in [3.63, 3.8) is 0 Å². The molecule has 1 aliphatic heterocycles. The number of halogens is 2. The number of alkyl carbamates (subject to hydrolysis) is 1. The third-order valence-corrected chi connectivity index (χ3v) is 7.02. The number of nitrogens with one attached hydrogen (secondary N) is 1. The third kappa shape index (κ3) is 4.72. The van der Waals surface area contributed by atoms with E-state index in [2.05, 4.69) is 5.32 Å². The number of hydrogen-bond donors (Lipinski definition) is 2. The van der Waals surface area contributed by atoms with Gasteiger partial charge in [-0.05, 0) is 28.2 Å². The smallest absolute Gasteiger partial charge is 0.407 e. The first-order chi connectivity index (χ1) is 16.6. The van der Waals surface area contributed by atoms with Crippen LogP contribution in [-0.4, -0.2) is 59.6 Å². The Morgan fingerprint density at radius 2 is 1.69 bits per heavy atom. The number of carboxylic acid groups (broad SMARTS) is 1. The maximum absolute atomic E-state index is 14.1. The minimum atomic E-state index is -3.54. The van der Waals surface area contributed by atoms with Gasteiger partial charge in [-0.25, -0.2) is 13.6 Å². The molecule has 2 aromatic rings. The molecule has 186 valence electrons. The number of rotatable bonds is 7. The van der Waals surface area contributed by atoms with E-state index < -0.39 is 48.9 Å². The molecule has 1 aliphatic carbocycles. The minimum absolute atomic E-state index is 0.0458. The summed E-state index contributed by atoms with van der Waals surface area (Å²) in [4.78, 5) is 37.8. The second kappa shape index (κ2) is 9.64. The van der Waals surface area contributed by atoms with E-state index in [9.17, 15) is 23.2 Å². The number of carboxylic acids is 1. The molecule has 2 amide bonds. The molecule has 9 heteroatoms. The topological polar surface area (TPSA) is 95.9 Å². The number of nitrogens with zero attached hydrogens (tertiary/aromatic N) is 1. The van der Waals surface area contributed by atoms with Gasteiger partial charge in [0.25, 0.3) is 5.92 Å². The van der Waals surface area contributed by atoms with E-state index in [0.717, 1.165) is 27.2 Å². The van der Waals surface area contributed by atoms with Gasteiger partial charge in [0.05, 0.1) is 6.54 Å². The van der Waals surface area contributed by atoms with E-state index in [0.29, 0.717) is 6.42 Å². The molecule has 0 aromatic heterocycles. The quantitative estimate of drug-likeness (QED) is 0.614. The SMILES string of the molecule is CCC(C)[C@H](NC(=O)OCC1c2ccccc2-c2ccccc21)C(=O)N1CC(C(=O)O)C(F)(F)C1. The Labute approximate surface area is 202 Å². The fraction of sp³-hybridized carbons (Fsp3) is 0.423. The monoisotopic (exact) mass is 486 g/mol. The molecule has 1 heterocycles. The van der Waals surface area contributed by atoms with Crippen LogP contribution in [0.1, 0.15) is 37.3 Å². The van der Waals surface area contributed by atoms with E-state index >= 15 is 0 Å². The van der Waals surface area contributed by atoms with Crippen molar-refractivity contribution in [2.45, 2.75) is 38.2 Å². The lowest BCUT2D eigenvalue weighted by molar-refractivity contribution is -0.151. The van der Waals surface area contributed by atoms with E-state index in [1.54, 1.807) is 6.92 Å². The second-order valence-corrected chi connectivity index (χ2v) is 9.20. The standard InChI is InChI=1S/C26H28F2N2O5/c1-3-15(2)22(23(31)30-12-21(24(32)33)26(27,28)14-30)29-25(34)35-13-20-18-10-6-4-8-16(18)17-9-5-7-11-19(17)20/h4-11,15,20-22H,3,12-14H2,1-2H3,(H,29,34)(H,32,33)/t15?,21?,22-/m0/s1.